The molecule has 0 amide bonds. The molecule has 2 nitrogen and oxygen atoms in total. The molecule has 0 aromatic carbocycles. The van der Waals surface area contributed by atoms with Crippen LogP contribution in [0.1, 0.15) is 52.1 Å². The van der Waals surface area contributed by atoms with Crippen LogP contribution in [0, 0.1) is 0 Å². The molecule has 17 heavy (non-hydrogen) atoms. The van der Waals surface area contributed by atoms with Crippen LogP contribution >= 0.6 is 11.8 Å². The molecule has 0 unspecified atom stereocenters. The molecule has 0 aliphatic carbocycles. The molecule has 3 heteroatoms. The quantitative estimate of drug-likeness (QED) is 0.739. The number of unbranched alkanes of at least 4 members (excludes halogenated alkanes) is 1. The van der Waals surface area contributed by atoms with Gasteiger partial charge in [0.15, 0.2) is 0 Å². The van der Waals surface area contributed by atoms with E-state index >= 15 is 0 Å². The van der Waals surface area contributed by atoms with E-state index in [1.54, 1.807) is 0 Å². The van der Waals surface area contributed by atoms with E-state index in [0.29, 0.717) is 0 Å². The molecule has 0 radical (unpaired) electrons. The van der Waals surface area contributed by atoms with Crippen LogP contribution in [0.4, 0.5) is 0 Å². The molecule has 1 aromatic heterocycles. The van der Waals surface area contributed by atoms with Crippen LogP contribution in [0.2, 0.25) is 0 Å². The van der Waals surface area contributed by atoms with Crippen molar-refractivity contribution >= 4 is 11.8 Å². The fraction of sp³-hybridized carbons (Fsp3) is 0.714. The summed E-state index contributed by atoms with van der Waals surface area (Å²) in [6.45, 7) is 9.53. The van der Waals surface area contributed by atoms with Crippen LogP contribution in [0.3, 0.4) is 0 Å². The smallest absolute Gasteiger partial charge is 0.118 e. The Hall–Kier alpha value is -0.410. The average molecular weight is 255 g/mol. The molecule has 0 aliphatic heterocycles. The molecular formula is C14H25NOS. The molecule has 0 saturated carbocycles. The highest BCUT2D eigenvalue weighted by molar-refractivity contribution is 7.98. The van der Waals surface area contributed by atoms with Gasteiger partial charge in [0.25, 0.3) is 0 Å². The topological polar surface area (TPSA) is 25.2 Å². The average Bonchev–Trinajstić information content (AvgIpc) is 2.69. The number of rotatable bonds is 7. The molecule has 0 aliphatic rings. The van der Waals surface area contributed by atoms with Crippen LogP contribution in [-0.2, 0) is 12.3 Å². The Balaban J connectivity index is 2.28. The first-order valence-corrected chi connectivity index (χ1v) is 7.57. The minimum Gasteiger partial charge on any atom is -0.464 e. The van der Waals surface area contributed by atoms with Crippen LogP contribution in [0.5, 0.6) is 0 Å². The van der Waals surface area contributed by atoms with Crippen molar-refractivity contribution in [1.82, 2.24) is 5.32 Å². The van der Waals surface area contributed by atoms with Crippen molar-refractivity contribution in [3.63, 3.8) is 0 Å². The van der Waals surface area contributed by atoms with Gasteiger partial charge in [-0.05, 0) is 45.1 Å². The van der Waals surface area contributed by atoms with Crippen LogP contribution < -0.4 is 5.32 Å². The predicted octanol–water partition coefficient (Wildman–Crippen LogP) is 4.20. The second kappa shape index (κ2) is 7.12. The maximum Gasteiger partial charge on any atom is 0.118 e. The highest BCUT2D eigenvalue weighted by Gasteiger charge is 2.10. The molecule has 1 rings (SSSR count). The lowest BCUT2D eigenvalue weighted by Crippen LogP contribution is -2.34. The number of nitrogens with one attached hydrogen (secondary N) is 1. The minimum atomic E-state index is 0.142. The fourth-order valence-electron chi connectivity index (χ4n) is 1.37. The summed E-state index contributed by atoms with van der Waals surface area (Å²) in [6.07, 6.45) is 2.57. The van der Waals surface area contributed by atoms with E-state index in [1.165, 1.54) is 18.6 Å². The van der Waals surface area contributed by atoms with Gasteiger partial charge in [-0.3, -0.25) is 0 Å². The van der Waals surface area contributed by atoms with Crippen molar-refractivity contribution < 1.29 is 4.42 Å². The van der Waals surface area contributed by atoms with Gasteiger partial charge in [0.05, 0.1) is 12.3 Å². The van der Waals surface area contributed by atoms with E-state index in [4.69, 9.17) is 4.42 Å². The summed E-state index contributed by atoms with van der Waals surface area (Å²) in [5.41, 5.74) is 0.142. The Morgan fingerprint density at radius 3 is 2.59 bits per heavy atom. The molecule has 0 fully saturated rings. The third-order valence-electron chi connectivity index (χ3n) is 2.40. The predicted molar refractivity (Wildman–Crippen MR) is 76.4 cm³/mol. The largest absolute Gasteiger partial charge is 0.464 e. The highest BCUT2D eigenvalue weighted by Crippen LogP contribution is 2.17. The third kappa shape index (κ3) is 6.79. The zero-order chi connectivity index (χ0) is 12.7. The lowest BCUT2D eigenvalue weighted by atomic mass is 10.1. The number of hydrogen-bond acceptors (Lipinski definition) is 3. The third-order valence-corrected chi connectivity index (χ3v) is 3.46. The van der Waals surface area contributed by atoms with E-state index in [1.807, 2.05) is 11.8 Å². The van der Waals surface area contributed by atoms with Gasteiger partial charge >= 0.3 is 0 Å². The van der Waals surface area contributed by atoms with Gasteiger partial charge in [0, 0.05) is 5.54 Å². The van der Waals surface area contributed by atoms with Gasteiger partial charge in [-0.1, -0.05) is 13.3 Å². The Kier molecular flexibility index (Phi) is 6.14. The molecule has 0 spiro atoms. The van der Waals surface area contributed by atoms with E-state index in [9.17, 15) is 0 Å². The highest BCUT2D eigenvalue weighted by atomic mass is 32.2. The molecule has 1 heterocycles. The first-order chi connectivity index (χ1) is 8.01. The number of hydrogen-bond donors (Lipinski definition) is 1. The Morgan fingerprint density at radius 1 is 1.24 bits per heavy atom. The summed E-state index contributed by atoms with van der Waals surface area (Å²) >= 11 is 1.95. The Bertz CT molecular complexity index is 314. The molecule has 0 atom stereocenters. The standard InChI is InChI=1S/C14H25NOS/c1-5-6-9-17-11-13-8-7-12(16-13)10-15-14(2,3)4/h7-8,15H,5-6,9-11H2,1-4H3. The molecule has 98 valence electrons. The SMILES string of the molecule is CCCCSCc1ccc(CNC(C)(C)C)o1. The summed E-state index contributed by atoms with van der Waals surface area (Å²) < 4.78 is 5.78. The van der Waals surface area contributed by atoms with E-state index in [-0.39, 0.29) is 5.54 Å². The van der Waals surface area contributed by atoms with Crippen LogP contribution in [-0.4, -0.2) is 11.3 Å². The summed E-state index contributed by atoms with van der Waals surface area (Å²) in [4.78, 5) is 0. The van der Waals surface area contributed by atoms with Gasteiger partial charge in [-0.25, -0.2) is 0 Å². The summed E-state index contributed by atoms with van der Waals surface area (Å²) in [5, 5.41) is 3.43. The van der Waals surface area contributed by atoms with E-state index in [2.05, 4.69) is 45.1 Å². The van der Waals surface area contributed by atoms with Crippen LogP contribution in [0.15, 0.2) is 16.5 Å². The second-order valence-electron chi connectivity index (χ2n) is 5.38. The summed E-state index contributed by atoms with van der Waals surface area (Å²) in [6, 6.07) is 4.17. The zero-order valence-corrected chi connectivity index (χ0v) is 12.3. The zero-order valence-electron chi connectivity index (χ0n) is 11.5. The monoisotopic (exact) mass is 255 g/mol. The molecule has 0 saturated heterocycles. The first-order valence-electron chi connectivity index (χ1n) is 6.41. The van der Waals surface area contributed by atoms with E-state index in [0.717, 1.165) is 23.8 Å². The van der Waals surface area contributed by atoms with E-state index < -0.39 is 0 Å². The molecule has 1 N–H and O–H groups in total. The van der Waals surface area contributed by atoms with Gasteiger partial charge in [0.1, 0.15) is 11.5 Å². The lowest BCUT2D eigenvalue weighted by Gasteiger charge is -2.19. The Morgan fingerprint density at radius 2 is 1.94 bits per heavy atom. The minimum absolute atomic E-state index is 0.142. The second-order valence-corrected chi connectivity index (χ2v) is 6.48. The maximum atomic E-state index is 5.78. The summed E-state index contributed by atoms with van der Waals surface area (Å²) in [5.74, 6) is 4.35. The molecule has 1 aromatic rings. The normalized spacial score (nSPS) is 12.0. The van der Waals surface area contributed by atoms with Crippen molar-refractivity contribution in [2.24, 2.45) is 0 Å². The summed E-state index contributed by atoms with van der Waals surface area (Å²) in [7, 11) is 0. The van der Waals surface area contributed by atoms with Crippen molar-refractivity contribution in [2.45, 2.75) is 58.4 Å². The first kappa shape index (κ1) is 14.7. The maximum absolute atomic E-state index is 5.78. The molecular weight excluding hydrogens is 230 g/mol. The van der Waals surface area contributed by atoms with Gasteiger partial charge in [0.2, 0.25) is 0 Å². The van der Waals surface area contributed by atoms with Crippen molar-refractivity contribution in [2.75, 3.05) is 5.75 Å². The van der Waals surface area contributed by atoms with Crippen molar-refractivity contribution in [1.29, 1.82) is 0 Å². The van der Waals surface area contributed by atoms with Gasteiger partial charge < -0.3 is 9.73 Å². The van der Waals surface area contributed by atoms with Crippen molar-refractivity contribution in [3.8, 4) is 0 Å². The number of thioether (sulfide) groups is 1. The lowest BCUT2D eigenvalue weighted by molar-refractivity contribution is 0.382. The van der Waals surface area contributed by atoms with Gasteiger partial charge in [-0.15, -0.1) is 0 Å². The molecule has 0 bridgehead atoms. The van der Waals surface area contributed by atoms with Crippen molar-refractivity contribution in [3.05, 3.63) is 23.7 Å². The Labute approximate surface area is 110 Å². The fourth-order valence-corrected chi connectivity index (χ4v) is 2.36. The number of furan rings is 1. The van der Waals surface area contributed by atoms with Gasteiger partial charge in [-0.2, -0.15) is 11.8 Å². The van der Waals surface area contributed by atoms with Crippen LogP contribution in [0.25, 0.3) is 0 Å².